The molecule has 200 valence electrons. The van der Waals surface area contributed by atoms with Gasteiger partial charge in [0.2, 0.25) is 0 Å². The number of carbonyl (C=O) groups is 2. The van der Waals surface area contributed by atoms with Crippen LogP contribution in [0.5, 0.6) is 5.75 Å². The number of fused-ring (bicyclic) bond motifs is 3. The molecule has 2 aliphatic rings. The quantitative estimate of drug-likeness (QED) is 0.216. The van der Waals surface area contributed by atoms with Gasteiger partial charge >= 0.3 is 0 Å². The molecule has 6 rings (SSSR count). The molecule has 4 aromatic rings. The zero-order valence-electron chi connectivity index (χ0n) is 22.6. The van der Waals surface area contributed by atoms with Gasteiger partial charge in [-0.05, 0) is 44.1 Å². The highest BCUT2D eigenvalue weighted by Crippen LogP contribution is 2.40. The number of aryl methyl sites for hydroxylation is 1. The molecule has 39 heavy (non-hydrogen) atoms. The van der Waals surface area contributed by atoms with Gasteiger partial charge in [-0.2, -0.15) is 0 Å². The number of rotatable bonds is 10. The van der Waals surface area contributed by atoms with Gasteiger partial charge in [0.25, 0.3) is 0 Å². The third-order valence-corrected chi connectivity index (χ3v) is 8.73. The minimum absolute atomic E-state index is 0.0396. The summed E-state index contributed by atoms with van der Waals surface area (Å²) < 4.78 is 7.92. The number of hydrogen-bond acceptors (Lipinski definition) is 4. The van der Waals surface area contributed by atoms with Crippen LogP contribution in [0.4, 0.5) is 0 Å². The molecule has 0 saturated carbocycles. The highest BCUT2D eigenvalue weighted by Gasteiger charge is 2.40. The molecule has 2 aliphatic heterocycles. The predicted molar refractivity (Wildman–Crippen MR) is 155 cm³/mol. The first kappa shape index (κ1) is 25.6. The van der Waals surface area contributed by atoms with E-state index in [1.807, 2.05) is 85.1 Å². The molecule has 2 atom stereocenters. The first-order chi connectivity index (χ1) is 19.1. The fourth-order valence-electron chi connectivity index (χ4n) is 6.94. The van der Waals surface area contributed by atoms with Crippen molar-refractivity contribution in [2.24, 2.45) is 5.92 Å². The Morgan fingerprint density at radius 2 is 1.49 bits per heavy atom. The van der Waals surface area contributed by atoms with E-state index in [-0.39, 0.29) is 11.6 Å². The van der Waals surface area contributed by atoms with Gasteiger partial charge in [-0.25, -0.2) is 0 Å². The molecule has 2 saturated heterocycles. The first-order valence-corrected chi connectivity index (χ1v) is 14.2. The van der Waals surface area contributed by atoms with Crippen molar-refractivity contribution < 1.29 is 14.3 Å². The summed E-state index contributed by atoms with van der Waals surface area (Å²) in [6.45, 7) is 1.86. The third kappa shape index (κ3) is 5.16. The number of ether oxygens (including phenoxy) is 1. The molecule has 3 aromatic carbocycles. The average Bonchev–Trinajstić information content (AvgIpc) is 3.46. The highest BCUT2D eigenvalue weighted by atomic mass is 16.5. The van der Waals surface area contributed by atoms with E-state index < -0.39 is 0 Å². The fraction of sp³-hybridized carbons (Fsp3) is 0.353. The van der Waals surface area contributed by atoms with Crippen molar-refractivity contribution in [3.8, 4) is 5.75 Å². The molecule has 3 heterocycles. The lowest BCUT2D eigenvalue weighted by Crippen LogP contribution is -2.43. The molecule has 2 unspecified atom stereocenters. The maximum absolute atomic E-state index is 13.4. The van der Waals surface area contributed by atoms with Crippen molar-refractivity contribution in [3.05, 3.63) is 102 Å². The summed E-state index contributed by atoms with van der Waals surface area (Å²) in [6.07, 6.45) is 8.38. The second-order valence-electron chi connectivity index (χ2n) is 11.1. The van der Waals surface area contributed by atoms with Crippen LogP contribution in [0.1, 0.15) is 64.8 Å². The second kappa shape index (κ2) is 11.2. The van der Waals surface area contributed by atoms with E-state index in [0.717, 1.165) is 60.1 Å². The number of para-hydroxylation sites is 1. The smallest absolute Gasteiger partial charge is 0.195 e. The fourth-order valence-corrected chi connectivity index (χ4v) is 6.94. The van der Waals surface area contributed by atoms with Crippen molar-refractivity contribution in [2.45, 2.75) is 57.2 Å². The van der Waals surface area contributed by atoms with Crippen LogP contribution in [-0.4, -0.2) is 46.8 Å². The molecule has 0 N–H and O–H groups in total. The van der Waals surface area contributed by atoms with Crippen LogP contribution < -0.4 is 4.74 Å². The predicted octanol–water partition coefficient (Wildman–Crippen LogP) is 6.79. The summed E-state index contributed by atoms with van der Waals surface area (Å²) in [5, 5.41) is 0.937. The minimum Gasteiger partial charge on any atom is -0.495 e. The monoisotopic (exact) mass is 520 g/mol. The van der Waals surface area contributed by atoms with Crippen LogP contribution in [0, 0.1) is 5.92 Å². The van der Waals surface area contributed by atoms with E-state index in [1.165, 1.54) is 12.8 Å². The highest BCUT2D eigenvalue weighted by molar-refractivity contribution is 6.17. The van der Waals surface area contributed by atoms with Crippen LogP contribution in [-0.2, 0) is 6.54 Å². The standard InChI is InChI=1S/C34H36N2O3/c1-39-32-15-8-14-29-30(34(38)26-12-6-3-7-13-26)23-35(33(29)32)18-9-19-36-27-16-17-28(36)21-24(20-27)22-31(37)25-10-4-2-5-11-25/h2-8,10-15,23-24,27-28H,9,16-22H2,1H3. The Bertz CT molecular complexity index is 1450. The largest absolute Gasteiger partial charge is 0.495 e. The normalized spacial score (nSPS) is 20.8. The molecule has 5 heteroatoms. The lowest BCUT2D eigenvalue weighted by atomic mass is 9.85. The van der Waals surface area contributed by atoms with E-state index in [2.05, 4.69) is 9.47 Å². The Balaban J connectivity index is 1.13. The maximum atomic E-state index is 13.4. The molecule has 2 bridgehead atoms. The molecule has 0 radical (unpaired) electrons. The van der Waals surface area contributed by atoms with Gasteiger partial charge in [-0.3, -0.25) is 14.5 Å². The number of piperidine rings is 1. The molecular weight excluding hydrogens is 484 g/mol. The Morgan fingerprint density at radius 1 is 0.821 bits per heavy atom. The number of hydrogen-bond donors (Lipinski definition) is 0. The maximum Gasteiger partial charge on any atom is 0.195 e. The molecule has 0 aliphatic carbocycles. The summed E-state index contributed by atoms with van der Waals surface area (Å²) in [5.74, 6) is 1.60. The van der Waals surface area contributed by atoms with Crippen LogP contribution in [0.2, 0.25) is 0 Å². The van der Waals surface area contributed by atoms with E-state index in [4.69, 9.17) is 4.74 Å². The Labute approximate surface area is 230 Å². The summed E-state index contributed by atoms with van der Waals surface area (Å²) in [7, 11) is 1.69. The Hall–Kier alpha value is -3.70. The molecule has 0 spiro atoms. The summed E-state index contributed by atoms with van der Waals surface area (Å²) in [6, 6.07) is 26.3. The molecule has 0 amide bonds. The van der Waals surface area contributed by atoms with Gasteiger partial charge in [-0.1, -0.05) is 72.8 Å². The summed E-state index contributed by atoms with van der Waals surface area (Å²) in [4.78, 5) is 28.9. The molecular formula is C34H36N2O3. The molecule has 5 nitrogen and oxygen atoms in total. The zero-order chi connectivity index (χ0) is 26.8. The Kier molecular flexibility index (Phi) is 7.34. The molecule has 2 fully saturated rings. The topological polar surface area (TPSA) is 51.5 Å². The first-order valence-electron chi connectivity index (χ1n) is 14.2. The lowest BCUT2D eigenvalue weighted by Gasteiger charge is -2.39. The van der Waals surface area contributed by atoms with Gasteiger partial charge < -0.3 is 9.30 Å². The Morgan fingerprint density at radius 3 is 2.15 bits per heavy atom. The van der Waals surface area contributed by atoms with Crippen LogP contribution in [0.15, 0.2) is 85.1 Å². The van der Waals surface area contributed by atoms with Crippen LogP contribution in [0.3, 0.4) is 0 Å². The van der Waals surface area contributed by atoms with E-state index in [1.54, 1.807) is 7.11 Å². The summed E-state index contributed by atoms with van der Waals surface area (Å²) >= 11 is 0. The van der Waals surface area contributed by atoms with Crippen molar-refractivity contribution in [1.29, 1.82) is 0 Å². The lowest BCUT2D eigenvalue weighted by molar-refractivity contribution is 0.0807. The number of aromatic nitrogens is 1. The SMILES string of the molecule is COc1cccc2c(C(=O)c3ccccc3)cn(CCCN3C4CCC3CC(CC(=O)c3ccccc3)C4)c12. The minimum atomic E-state index is 0.0396. The number of benzene rings is 3. The van der Waals surface area contributed by atoms with E-state index >= 15 is 0 Å². The van der Waals surface area contributed by atoms with Gasteiger partial charge in [0.1, 0.15) is 5.75 Å². The number of nitrogens with zero attached hydrogens (tertiary/aromatic N) is 2. The van der Waals surface area contributed by atoms with Gasteiger partial charge in [0.05, 0.1) is 12.6 Å². The average molecular weight is 521 g/mol. The van der Waals surface area contributed by atoms with Crippen molar-refractivity contribution in [2.75, 3.05) is 13.7 Å². The van der Waals surface area contributed by atoms with Gasteiger partial charge in [0, 0.05) is 59.9 Å². The van der Waals surface area contributed by atoms with Crippen molar-refractivity contribution >= 4 is 22.5 Å². The third-order valence-electron chi connectivity index (χ3n) is 8.73. The number of methoxy groups -OCH3 is 1. The van der Waals surface area contributed by atoms with Gasteiger partial charge in [-0.15, -0.1) is 0 Å². The number of ketones is 2. The summed E-state index contributed by atoms with van der Waals surface area (Å²) in [5.41, 5.74) is 3.25. The van der Waals surface area contributed by atoms with Crippen LogP contribution >= 0.6 is 0 Å². The van der Waals surface area contributed by atoms with Crippen molar-refractivity contribution in [3.63, 3.8) is 0 Å². The van der Waals surface area contributed by atoms with E-state index in [0.29, 0.717) is 30.0 Å². The van der Waals surface area contributed by atoms with E-state index in [9.17, 15) is 9.59 Å². The van der Waals surface area contributed by atoms with Crippen LogP contribution in [0.25, 0.3) is 10.9 Å². The number of Topliss-reactive ketones (excluding diaryl/α,β-unsaturated/α-hetero) is 1. The van der Waals surface area contributed by atoms with Gasteiger partial charge in [0.15, 0.2) is 11.6 Å². The second-order valence-corrected chi connectivity index (χ2v) is 11.1. The number of carbonyl (C=O) groups excluding carboxylic acids is 2. The zero-order valence-corrected chi connectivity index (χ0v) is 22.6. The molecule has 1 aromatic heterocycles. The van der Waals surface area contributed by atoms with Crippen molar-refractivity contribution in [1.82, 2.24) is 9.47 Å².